The molecule has 0 aliphatic heterocycles. The molecule has 0 fully saturated rings. The maximum Gasteiger partial charge on any atom is 0.169 e. The van der Waals surface area contributed by atoms with Crippen molar-refractivity contribution in [1.82, 2.24) is 5.32 Å². The van der Waals surface area contributed by atoms with Gasteiger partial charge in [-0.3, -0.25) is 0 Å². The van der Waals surface area contributed by atoms with E-state index in [9.17, 15) is 13.2 Å². The summed E-state index contributed by atoms with van der Waals surface area (Å²) >= 11 is 0. The molecule has 0 aliphatic carbocycles. The van der Waals surface area contributed by atoms with Crippen LogP contribution < -0.4 is 5.32 Å². The van der Waals surface area contributed by atoms with E-state index in [1.165, 1.54) is 24.3 Å². The normalized spacial score (nSPS) is 12.8. The van der Waals surface area contributed by atoms with Crippen molar-refractivity contribution in [3.63, 3.8) is 0 Å². The van der Waals surface area contributed by atoms with E-state index in [4.69, 9.17) is 4.42 Å². The number of fused-ring (bicyclic) bond motifs is 1. The number of nitrogens with one attached hydrogen (secondary N) is 1. The van der Waals surface area contributed by atoms with E-state index in [-0.39, 0.29) is 16.9 Å². The number of rotatable bonds is 3. The molecule has 0 spiro atoms. The molecule has 3 aromatic rings. The molecule has 1 unspecified atom stereocenters. The molecule has 0 radical (unpaired) electrons. The molecule has 2 aromatic carbocycles. The average Bonchev–Trinajstić information content (AvgIpc) is 2.88. The van der Waals surface area contributed by atoms with Crippen molar-refractivity contribution in [2.75, 3.05) is 7.05 Å². The first-order valence-corrected chi connectivity index (χ1v) is 6.41. The van der Waals surface area contributed by atoms with Crippen LogP contribution in [0.5, 0.6) is 0 Å². The third kappa shape index (κ3) is 2.29. The highest BCUT2D eigenvalue weighted by Crippen LogP contribution is 2.31. The first-order chi connectivity index (χ1) is 10.1. The lowest BCUT2D eigenvalue weighted by atomic mass is 10.0. The van der Waals surface area contributed by atoms with Gasteiger partial charge in [-0.15, -0.1) is 0 Å². The number of halogens is 3. The van der Waals surface area contributed by atoms with Crippen molar-refractivity contribution in [3.8, 4) is 0 Å². The van der Waals surface area contributed by atoms with Gasteiger partial charge in [0, 0.05) is 10.9 Å². The van der Waals surface area contributed by atoms with Crippen molar-refractivity contribution >= 4 is 11.0 Å². The van der Waals surface area contributed by atoms with E-state index in [0.29, 0.717) is 5.39 Å². The lowest BCUT2D eigenvalue weighted by Gasteiger charge is -2.15. The van der Waals surface area contributed by atoms with Gasteiger partial charge in [0.2, 0.25) is 0 Å². The van der Waals surface area contributed by atoms with Gasteiger partial charge in [-0.25, -0.2) is 13.2 Å². The Bertz CT molecular complexity index is 777. The van der Waals surface area contributed by atoms with Crippen LogP contribution in [0.15, 0.2) is 46.9 Å². The fourth-order valence-corrected chi connectivity index (χ4v) is 2.41. The standard InChI is InChI=1S/C16H12F3NO/c1-20-15(14-10(17)5-3-6-11(14)18)13-8-9-4-2-7-12(19)16(9)21-13/h2-8,15,20H,1H3. The van der Waals surface area contributed by atoms with E-state index in [1.807, 2.05) is 0 Å². The summed E-state index contributed by atoms with van der Waals surface area (Å²) in [6, 6.07) is 8.87. The molecule has 21 heavy (non-hydrogen) atoms. The Morgan fingerprint density at radius 1 is 0.952 bits per heavy atom. The zero-order valence-corrected chi connectivity index (χ0v) is 11.2. The van der Waals surface area contributed by atoms with Gasteiger partial charge in [-0.2, -0.15) is 0 Å². The highest BCUT2D eigenvalue weighted by molar-refractivity contribution is 5.78. The highest BCUT2D eigenvalue weighted by atomic mass is 19.1. The van der Waals surface area contributed by atoms with Crippen molar-refractivity contribution in [1.29, 1.82) is 0 Å². The van der Waals surface area contributed by atoms with E-state index in [2.05, 4.69) is 5.32 Å². The highest BCUT2D eigenvalue weighted by Gasteiger charge is 2.24. The summed E-state index contributed by atoms with van der Waals surface area (Å²) in [5.41, 5.74) is -0.0797. The van der Waals surface area contributed by atoms with Crippen LogP contribution in [-0.2, 0) is 0 Å². The second kappa shape index (κ2) is 5.26. The van der Waals surface area contributed by atoms with Crippen LogP contribution in [0.25, 0.3) is 11.0 Å². The molecule has 0 amide bonds. The topological polar surface area (TPSA) is 25.2 Å². The first-order valence-electron chi connectivity index (χ1n) is 6.41. The van der Waals surface area contributed by atoms with Gasteiger partial charge in [0.05, 0.1) is 6.04 Å². The number of furan rings is 1. The number of benzene rings is 2. The van der Waals surface area contributed by atoms with Crippen LogP contribution in [0.2, 0.25) is 0 Å². The summed E-state index contributed by atoms with van der Waals surface area (Å²) in [4.78, 5) is 0. The Balaban J connectivity index is 2.16. The molecule has 0 saturated carbocycles. The van der Waals surface area contributed by atoms with Crippen LogP contribution in [0.3, 0.4) is 0 Å². The van der Waals surface area contributed by atoms with Crippen LogP contribution in [0, 0.1) is 17.5 Å². The van der Waals surface area contributed by atoms with Crippen molar-refractivity contribution in [3.05, 3.63) is 71.2 Å². The van der Waals surface area contributed by atoms with E-state index in [0.717, 1.165) is 0 Å². The molecule has 1 heterocycles. The van der Waals surface area contributed by atoms with Crippen LogP contribution in [0.4, 0.5) is 13.2 Å². The Labute approximate surface area is 119 Å². The maximum absolute atomic E-state index is 13.9. The number of hydrogen-bond acceptors (Lipinski definition) is 2. The van der Waals surface area contributed by atoms with Gasteiger partial charge in [-0.05, 0) is 31.3 Å². The molecule has 0 bridgehead atoms. The van der Waals surface area contributed by atoms with E-state index >= 15 is 0 Å². The molecule has 5 heteroatoms. The summed E-state index contributed by atoms with van der Waals surface area (Å²) in [6.45, 7) is 0. The van der Waals surface area contributed by atoms with Crippen molar-refractivity contribution in [2.45, 2.75) is 6.04 Å². The lowest BCUT2D eigenvalue weighted by Crippen LogP contribution is -2.19. The second-order valence-corrected chi connectivity index (χ2v) is 4.66. The van der Waals surface area contributed by atoms with Crippen LogP contribution >= 0.6 is 0 Å². The van der Waals surface area contributed by atoms with Crippen molar-refractivity contribution in [2.24, 2.45) is 0 Å². The minimum Gasteiger partial charge on any atom is -0.456 e. The first kappa shape index (κ1) is 13.7. The van der Waals surface area contributed by atoms with Crippen LogP contribution in [-0.4, -0.2) is 7.05 Å². The van der Waals surface area contributed by atoms with Crippen LogP contribution in [0.1, 0.15) is 17.4 Å². The SMILES string of the molecule is CNC(c1cc2cccc(F)c2o1)c1c(F)cccc1F. The molecule has 0 saturated heterocycles. The van der Waals surface area contributed by atoms with Gasteiger partial charge in [0.1, 0.15) is 17.4 Å². The number of hydrogen-bond donors (Lipinski definition) is 1. The molecule has 1 atom stereocenters. The molecule has 3 rings (SSSR count). The Hall–Kier alpha value is -2.27. The molecular formula is C16H12F3NO. The Morgan fingerprint density at radius 3 is 2.19 bits per heavy atom. The molecule has 1 aromatic heterocycles. The van der Waals surface area contributed by atoms with Gasteiger partial charge < -0.3 is 9.73 Å². The Morgan fingerprint density at radius 2 is 1.57 bits per heavy atom. The van der Waals surface area contributed by atoms with Gasteiger partial charge in [0.15, 0.2) is 11.4 Å². The molecular weight excluding hydrogens is 279 g/mol. The minimum absolute atomic E-state index is 0.0736. The molecule has 0 aliphatic rings. The zero-order valence-electron chi connectivity index (χ0n) is 11.2. The Kier molecular flexibility index (Phi) is 3.43. The maximum atomic E-state index is 13.9. The lowest BCUT2D eigenvalue weighted by molar-refractivity contribution is 0.448. The van der Waals surface area contributed by atoms with Gasteiger partial charge >= 0.3 is 0 Å². The zero-order chi connectivity index (χ0) is 15.0. The van der Waals surface area contributed by atoms with E-state index in [1.54, 1.807) is 25.2 Å². The van der Waals surface area contributed by atoms with Gasteiger partial charge in [-0.1, -0.05) is 18.2 Å². The predicted molar refractivity (Wildman–Crippen MR) is 73.4 cm³/mol. The molecule has 108 valence electrons. The minimum atomic E-state index is -0.835. The quantitative estimate of drug-likeness (QED) is 0.784. The predicted octanol–water partition coefficient (Wildman–Crippen LogP) is 4.16. The monoisotopic (exact) mass is 291 g/mol. The number of para-hydroxylation sites is 1. The third-order valence-corrected chi connectivity index (χ3v) is 3.38. The fraction of sp³-hybridized carbons (Fsp3) is 0.125. The summed E-state index contributed by atoms with van der Waals surface area (Å²) in [7, 11) is 1.56. The largest absolute Gasteiger partial charge is 0.456 e. The van der Waals surface area contributed by atoms with Gasteiger partial charge in [0.25, 0.3) is 0 Å². The summed E-state index contributed by atoms with van der Waals surface area (Å²) in [6.07, 6.45) is 0. The smallest absolute Gasteiger partial charge is 0.169 e. The molecule has 2 nitrogen and oxygen atoms in total. The fourth-order valence-electron chi connectivity index (χ4n) is 2.41. The third-order valence-electron chi connectivity index (χ3n) is 3.38. The second-order valence-electron chi connectivity index (χ2n) is 4.66. The molecule has 1 N–H and O–H groups in total. The van der Waals surface area contributed by atoms with Crippen molar-refractivity contribution < 1.29 is 17.6 Å². The summed E-state index contributed by atoms with van der Waals surface area (Å²) in [5, 5.41) is 3.34. The summed E-state index contributed by atoms with van der Waals surface area (Å²) < 4.78 is 46.9. The summed E-state index contributed by atoms with van der Waals surface area (Å²) in [5.74, 6) is -1.63. The van der Waals surface area contributed by atoms with E-state index < -0.39 is 23.5 Å². The average molecular weight is 291 g/mol.